The smallest absolute Gasteiger partial charge is 0.418 e. The topological polar surface area (TPSA) is 47.3 Å². The normalized spacial score (nSPS) is 23.4. The molecule has 1 aliphatic rings. The second-order valence-electron chi connectivity index (χ2n) is 5.17. The number of ether oxygens (including phenoxy) is 1. The largest absolute Gasteiger partial charge is 0.497 e. The summed E-state index contributed by atoms with van der Waals surface area (Å²) in [5.41, 5.74) is 5.22. The SMILES string of the molecule is COc1ccc(NC2CCC(N)CC2)c(C(F)(F)F)c1. The first-order chi connectivity index (χ1) is 9.40. The molecule has 3 nitrogen and oxygen atoms in total. The van der Waals surface area contributed by atoms with E-state index in [4.69, 9.17) is 10.5 Å². The van der Waals surface area contributed by atoms with Crippen molar-refractivity contribution in [3.63, 3.8) is 0 Å². The molecule has 0 radical (unpaired) electrons. The summed E-state index contributed by atoms with van der Waals surface area (Å²) in [6.45, 7) is 0. The van der Waals surface area contributed by atoms with Crippen LogP contribution in [0.25, 0.3) is 0 Å². The fraction of sp³-hybridized carbons (Fsp3) is 0.571. The van der Waals surface area contributed by atoms with E-state index in [1.54, 1.807) is 0 Å². The van der Waals surface area contributed by atoms with Gasteiger partial charge in [-0.25, -0.2) is 0 Å². The predicted octanol–water partition coefficient (Wildman–Crippen LogP) is 3.40. The standard InChI is InChI=1S/C14H19F3N2O/c1-20-11-6-7-13(12(8-11)14(15,16)17)19-10-4-2-9(18)3-5-10/h6-10,19H,2-5,18H2,1H3. The van der Waals surface area contributed by atoms with Crippen LogP contribution < -0.4 is 15.8 Å². The van der Waals surface area contributed by atoms with E-state index < -0.39 is 11.7 Å². The second kappa shape index (κ2) is 5.91. The van der Waals surface area contributed by atoms with Crippen molar-refractivity contribution in [3.8, 4) is 5.75 Å². The Morgan fingerprint density at radius 2 is 1.85 bits per heavy atom. The fourth-order valence-corrected chi connectivity index (χ4v) is 2.49. The van der Waals surface area contributed by atoms with Crippen LogP contribution in [0.15, 0.2) is 18.2 Å². The van der Waals surface area contributed by atoms with Crippen LogP contribution in [0.5, 0.6) is 5.75 Å². The molecule has 0 atom stereocenters. The van der Waals surface area contributed by atoms with Crippen molar-refractivity contribution in [2.75, 3.05) is 12.4 Å². The van der Waals surface area contributed by atoms with Crippen LogP contribution in [0.4, 0.5) is 18.9 Å². The molecule has 2 rings (SSSR count). The molecule has 0 aliphatic heterocycles. The second-order valence-corrected chi connectivity index (χ2v) is 5.17. The maximum Gasteiger partial charge on any atom is 0.418 e. The molecule has 1 aromatic rings. The molecule has 20 heavy (non-hydrogen) atoms. The average Bonchev–Trinajstić information content (AvgIpc) is 2.40. The molecule has 0 heterocycles. The van der Waals surface area contributed by atoms with Crippen LogP contribution in [0, 0.1) is 0 Å². The van der Waals surface area contributed by atoms with Gasteiger partial charge in [0.05, 0.1) is 12.7 Å². The molecule has 1 fully saturated rings. The zero-order valence-electron chi connectivity index (χ0n) is 11.3. The molecule has 0 spiro atoms. The number of rotatable bonds is 3. The molecule has 0 bridgehead atoms. The number of alkyl halides is 3. The molecule has 0 amide bonds. The van der Waals surface area contributed by atoms with Crippen molar-refractivity contribution in [1.29, 1.82) is 0 Å². The average molecular weight is 288 g/mol. The minimum absolute atomic E-state index is 0.0456. The van der Waals surface area contributed by atoms with Crippen LogP contribution in [-0.4, -0.2) is 19.2 Å². The van der Waals surface area contributed by atoms with Crippen molar-refractivity contribution < 1.29 is 17.9 Å². The van der Waals surface area contributed by atoms with Gasteiger partial charge < -0.3 is 15.8 Å². The third-order valence-corrected chi connectivity index (χ3v) is 3.66. The van der Waals surface area contributed by atoms with Crippen molar-refractivity contribution in [1.82, 2.24) is 0 Å². The van der Waals surface area contributed by atoms with E-state index in [1.165, 1.54) is 19.2 Å². The van der Waals surface area contributed by atoms with Crippen LogP contribution in [-0.2, 0) is 6.18 Å². The molecule has 0 saturated heterocycles. The Morgan fingerprint density at radius 3 is 2.40 bits per heavy atom. The van der Waals surface area contributed by atoms with Gasteiger partial charge in [0.25, 0.3) is 0 Å². The number of hydrogen-bond donors (Lipinski definition) is 2. The van der Waals surface area contributed by atoms with E-state index >= 15 is 0 Å². The third kappa shape index (κ3) is 3.56. The Bertz CT molecular complexity index is 454. The maximum absolute atomic E-state index is 13.1. The first-order valence-corrected chi connectivity index (χ1v) is 6.67. The van der Waals surface area contributed by atoms with E-state index in [0.717, 1.165) is 31.7 Å². The first-order valence-electron chi connectivity index (χ1n) is 6.67. The van der Waals surface area contributed by atoms with Gasteiger partial charge >= 0.3 is 6.18 Å². The molecule has 112 valence electrons. The highest BCUT2D eigenvalue weighted by atomic mass is 19.4. The van der Waals surface area contributed by atoms with E-state index in [2.05, 4.69) is 5.32 Å². The number of hydrogen-bond acceptors (Lipinski definition) is 3. The number of halogens is 3. The zero-order chi connectivity index (χ0) is 14.8. The minimum Gasteiger partial charge on any atom is -0.497 e. The minimum atomic E-state index is -4.40. The van der Waals surface area contributed by atoms with E-state index in [0.29, 0.717) is 0 Å². The van der Waals surface area contributed by atoms with Gasteiger partial charge in [-0.3, -0.25) is 0 Å². The Hall–Kier alpha value is -1.43. The Morgan fingerprint density at radius 1 is 1.20 bits per heavy atom. The lowest BCUT2D eigenvalue weighted by molar-refractivity contribution is -0.137. The van der Waals surface area contributed by atoms with Gasteiger partial charge in [-0.2, -0.15) is 13.2 Å². The van der Waals surface area contributed by atoms with Crippen molar-refractivity contribution in [2.45, 2.75) is 43.9 Å². The maximum atomic E-state index is 13.1. The Labute approximate surface area is 116 Å². The van der Waals surface area contributed by atoms with Gasteiger partial charge in [0, 0.05) is 17.8 Å². The first kappa shape index (κ1) is 15.0. The van der Waals surface area contributed by atoms with Crippen molar-refractivity contribution in [2.24, 2.45) is 5.73 Å². The van der Waals surface area contributed by atoms with Crippen molar-refractivity contribution >= 4 is 5.69 Å². The number of methoxy groups -OCH3 is 1. The number of nitrogens with one attached hydrogen (secondary N) is 1. The van der Waals surface area contributed by atoms with E-state index in [1.807, 2.05) is 0 Å². The molecule has 1 aliphatic carbocycles. The lowest BCUT2D eigenvalue weighted by atomic mass is 9.91. The fourth-order valence-electron chi connectivity index (χ4n) is 2.49. The molecular weight excluding hydrogens is 269 g/mol. The highest BCUT2D eigenvalue weighted by Crippen LogP contribution is 2.38. The van der Waals surface area contributed by atoms with Gasteiger partial charge in [0.1, 0.15) is 5.75 Å². The van der Waals surface area contributed by atoms with Gasteiger partial charge in [-0.1, -0.05) is 0 Å². The highest BCUT2D eigenvalue weighted by molar-refractivity contribution is 5.56. The lowest BCUT2D eigenvalue weighted by Crippen LogP contribution is -2.33. The van der Waals surface area contributed by atoms with E-state index in [9.17, 15) is 13.2 Å². The summed E-state index contributed by atoms with van der Waals surface area (Å²) in [5, 5.41) is 3.00. The Kier molecular flexibility index (Phi) is 4.42. The van der Waals surface area contributed by atoms with Crippen LogP contribution in [0.3, 0.4) is 0 Å². The monoisotopic (exact) mass is 288 g/mol. The quantitative estimate of drug-likeness (QED) is 0.896. The van der Waals surface area contributed by atoms with Gasteiger partial charge in [-0.15, -0.1) is 0 Å². The number of nitrogens with two attached hydrogens (primary N) is 1. The van der Waals surface area contributed by atoms with Gasteiger partial charge in [-0.05, 0) is 43.9 Å². The van der Waals surface area contributed by atoms with Gasteiger partial charge in [0.15, 0.2) is 0 Å². The molecule has 1 aromatic carbocycles. The van der Waals surface area contributed by atoms with Gasteiger partial charge in [0.2, 0.25) is 0 Å². The predicted molar refractivity (Wildman–Crippen MR) is 71.9 cm³/mol. The zero-order valence-corrected chi connectivity index (χ0v) is 11.3. The molecule has 0 unspecified atom stereocenters. The number of anilines is 1. The molecule has 6 heteroatoms. The van der Waals surface area contributed by atoms with Crippen molar-refractivity contribution in [3.05, 3.63) is 23.8 Å². The van der Waals surface area contributed by atoms with Crippen LogP contribution in [0.2, 0.25) is 0 Å². The molecule has 1 saturated carbocycles. The van der Waals surface area contributed by atoms with E-state index in [-0.39, 0.29) is 23.5 Å². The summed E-state index contributed by atoms with van der Waals surface area (Å²) < 4.78 is 44.1. The number of benzene rings is 1. The molecule has 0 aromatic heterocycles. The molecule has 3 N–H and O–H groups in total. The lowest BCUT2D eigenvalue weighted by Gasteiger charge is -2.28. The summed E-state index contributed by atoms with van der Waals surface area (Å²) in [6.07, 6.45) is -1.12. The summed E-state index contributed by atoms with van der Waals surface area (Å²) in [4.78, 5) is 0. The summed E-state index contributed by atoms with van der Waals surface area (Å²) in [7, 11) is 1.35. The summed E-state index contributed by atoms with van der Waals surface area (Å²) in [6, 6.07) is 4.20. The van der Waals surface area contributed by atoms with Crippen LogP contribution >= 0.6 is 0 Å². The highest BCUT2D eigenvalue weighted by Gasteiger charge is 2.34. The third-order valence-electron chi connectivity index (χ3n) is 3.66. The molecular formula is C14H19F3N2O. The summed E-state index contributed by atoms with van der Waals surface area (Å²) in [5.74, 6) is 0.202. The van der Waals surface area contributed by atoms with Crippen LogP contribution in [0.1, 0.15) is 31.2 Å². The summed E-state index contributed by atoms with van der Waals surface area (Å²) >= 11 is 0. The Balaban J connectivity index is 2.18.